The molecule has 1 atom stereocenters. The molecule has 0 aliphatic rings. The number of ether oxygens (including phenoxy) is 1. The van der Waals surface area contributed by atoms with Crippen molar-refractivity contribution in [1.29, 1.82) is 0 Å². The number of hydrogen-bond acceptors (Lipinski definition) is 5. The smallest absolute Gasteiger partial charge is 0.274 e. The number of hydrogen-bond donors (Lipinski definition) is 1. The molecule has 0 aliphatic carbocycles. The maximum Gasteiger partial charge on any atom is 0.274 e. The maximum atomic E-state index is 12.6. The molecule has 0 saturated carbocycles. The summed E-state index contributed by atoms with van der Waals surface area (Å²) in [5.41, 5.74) is 2.70. The highest BCUT2D eigenvalue weighted by Gasteiger charge is 2.20. The van der Waals surface area contributed by atoms with E-state index >= 15 is 0 Å². The van der Waals surface area contributed by atoms with E-state index < -0.39 is 0 Å². The van der Waals surface area contributed by atoms with E-state index in [2.05, 4.69) is 34.5 Å². The van der Waals surface area contributed by atoms with Crippen LogP contribution in [0.1, 0.15) is 37.0 Å². The van der Waals surface area contributed by atoms with Gasteiger partial charge in [0.1, 0.15) is 0 Å². The van der Waals surface area contributed by atoms with Gasteiger partial charge in [-0.25, -0.2) is 4.68 Å². The number of benzene rings is 1. The van der Waals surface area contributed by atoms with Gasteiger partial charge in [0.15, 0.2) is 5.69 Å². The average Bonchev–Trinajstić information content (AvgIpc) is 3.02. The Kier molecular flexibility index (Phi) is 5.81. The lowest BCUT2D eigenvalue weighted by Crippen LogP contribution is -2.36. The summed E-state index contributed by atoms with van der Waals surface area (Å²) in [6, 6.07) is 9.55. The number of pyridine rings is 1. The first kappa shape index (κ1) is 19.0. The molecule has 7 nitrogen and oxygen atoms in total. The fourth-order valence-corrected chi connectivity index (χ4v) is 2.85. The Hall–Kier alpha value is -2.80. The van der Waals surface area contributed by atoms with Crippen molar-refractivity contribution < 1.29 is 9.53 Å². The second kappa shape index (κ2) is 8.26. The van der Waals surface area contributed by atoms with E-state index in [9.17, 15) is 4.79 Å². The molecule has 2 aromatic heterocycles. The van der Waals surface area contributed by atoms with Crippen molar-refractivity contribution in [3.8, 4) is 5.69 Å². The molecular formula is C20H25N5O2. The van der Waals surface area contributed by atoms with E-state index in [1.165, 1.54) is 0 Å². The minimum atomic E-state index is -0.252. The number of amides is 1. The molecule has 0 radical (unpaired) electrons. The molecule has 7 heteroatoms. The molecule has 1 amide bonds. The van der Waals surface area contributed by atoms with E-state index in [0.717, 1.165) is 16.6 Å². The molecule has 0 spiro atoms. The van der Waals surface area contributed by atoms with Crippen molar-refractivity contribution >= 4 is 16.8 Å². The molecule has 0 aliphatic heterocycles. The number of aromatic nitrogens is 4. The molecule has 142 valence electrons. The highest BCUT2D eigenvalue weighted by molar-refractivity contribution is 5.94. The van der Waals surface area contributed by atoms with Crippen LogP contribution in [0.5, 0.6) is 0 Å². The van der Waals surface area contributed by atoms with Crippen molar-refractivity contribution in [3.05, 3.63) is 47.9 Å². The summed E-state index contributed by atoms with van der Waals surface area (Å²) < 4.78 is 7.26. The molecule has 3 aromatic rings. The van der Waals surface area contributed by atoms with E-state index in [1.807, 2.05) is 44.2 Å². The number of fused-ring (bicyclic) bond motifs is 1. The van der Waals surface area contributed by atoms with Gasteiger partial charge in [-0.05, 0) is 44.0 Å². The van der Waals surface area contributed by atoms with Gasteiger partial charge < -0.3 is 10.1 Å². The van der Waals surface area contributed by atoms with E-state index in [4.69, 9.17) is 4.74 Å². The number of carbonyl (C=O) groups excluding carboxylic acids is 1. The Morgan fingerprint density at radius 2 is 2.00 bits per heavy atom. The van der Waals surface area contributed by atoms with Crippen molar-refractivity contribution in [2.45, 2.75) is 33.7 Å². The highest BCUT2D eigenvalue weighted by Crippen LogP contribution is 2.21. The second-order valence-corrected chi connectivity index (χ2v) is 7.09. The molecule has 3 rings (SSSR count). The molecule has 0 fully saturated rings. The summed E-state index contributed by atoms with van der Waals surface area (Å²) >= 11 is 0. The van der Waals surface area contributed by atoms with Crippen molar-refractivity contribution in [2.24, 2.45) is 5.92 Å². The van der Waals surface area contributed by atoms with Crippen LogP contribution in [-0.4, -0.2) is 45.1 Å². The summed E-state index contributed by atoms with van der Waals surface area (Å²) in [6.07, 6.45) is 1.75. The number of nitrogens with one attached hydrogen (secondary N) is 1. The SMILES string of the molecule is Cc1c(C(=O)N[C@@H](C)COCC(C)C)nnn1-c1cccc2ncccc12. The zero-order chi connectivity index (χ0) is 19.4. The van der Waals surface area contributed by atoms with Crippen LogP contribution >= 0.6 is 0 Å². The van der Waals surface area contributed by atoms with Crippen LogP contribution < -0.4 is 5.32 Å². The first-order valence-corrected chi connectivity index (χ1v) is 9.12. The van der Waals surface area contributed by atoms with Crippen molar-refractivity contribution in [1.82, 2.24) is 25.3 Å². The average molecular weight is 367 g/mol. The normalized spacial score (nSPS) is 12.5. The summed E-state index contributed by atoms with van der Waals surface area (Å²) in [6.45, 7) is 9.07. The van der Waals surface area contributed by atoms with Gasteiger partial charge in [-0.3, -0.25) is 9.78 Å². The summed E-state index contributed by atoms with van der Waals surface area (Å²) in [5.74, 6) is 0.211. The number of rotatable bonds is 7. The lowest BCUT2D eigenvalue weighted by atomic mass is 10.2. The van der Waals surface area contributed by atoms with Gasteiger partial charge in [-0.15, -0.1) is 5.10 Å². The monoisotopic (exact) mass is 367 g/mol. The van der Waals surface area contributed by atoms with Crippen LogP contribution in [0.3, 0.4) is 0 Å². The van der Waals surface area contributed by atoms with Crippen molar-refractivity contribution in [2.75, 3.05) is 13.2 Å². The summed E-state index contributed by atoms with van der Waals surface area (Å²) in [4.78, 5) is 17.0. The van der Waals surface area contributed by atoms with Crippen LogP contribution in [0.2, 0.25) is 0 Å². The van der Waals surface area contributed by atoms with Gasteiger partial charge in [0.25, 0.3) is 5.91 Å². The first-order chi connectivity index (χ1) is 13.0. The Morgan fingerprint density at radius 1 is 1.19 bits per heavy atom. The van der Waals surface area contributed by atoms with E-state index in [-0.39, 0.29) is 11.9 Å². The van der Waals surface area contributed by atoms with Crippen LogP contribution in [0.25, 0.3) is 16.6 Å². The lowest BCUT2D eigenvalue weighted by molar-refractivity contribution is 0.0788. The minimum absolute atomic E-state index is 0.109. The quantitative estimate of drug-likeness (QED) is 0.694. The number of nitrogens with zero attached hydrogens (tertiary/aromatic N) is 4. The molecule has 0 saturated heterocycles. The molecule has 27 heavy (non-hydrogen) atoms. The highest BCUT2D eigenvalue weighted by atomic mass is 16.5. The van der Waals surface area contributed by atoms with Crippen LogP contribution in [0, 0.1) is 12.8 Å². The molecule has 1 N–H and O–H groups in total. The molecule has 2 heterocycles. The van der Waals surface area contributed by atoms with Crippen LogP contribution in [0.4, 0.5) is 0 Å². The Balaban J connectivity index is 1.78. The lowest BCUT2D eigenvalue weighted by Gasteiger charge is -2.14. The third kappa shape index (κ3) is 4.31. The maximum absolute atomic E-state index is 12.6. The van der Waals surface area contributed by atoms with Gasteiger partial charge in [-0.1, -0.05) is 25.1 Å². The zero-order valence-electron chi connectivity index (χ0n) is 16.1. The Labute approximate surface area is 158 Å². The van der Waals surface area contributed by atoms with Crippen LogP contribution in [-0.2, 0) is 4.74 Å². The summed E-state index contributed by atoms with van der Waals surface area (Å²) in [5, 5.41) is 12.2. The van der Waals surface area contributed by atoms with E-state index in [1.54, 1.807) is 10.9 Å². The standard InChI is InChI=1S/C20H25N5O2/c1-13(2)11-27-12-14(3)22-20(26)19-15(4)25(24-23-19)18-9-5-8-17-16(18)7-6-10-21-17/h5-10,13-14H,11-12H2,1-4H3,(H,22,26)/t14-/m0/s1. The van der Waals surface area contributed by atoms with E-state index in [0.29, 0.717) is 30.5 Å². The largest absolute Gasteiger partial charge is 0.379 e. The fraction of sp³-hybridized carbons (Fsp3) is 0.400. The first-order valence-electron chi connectivity index (χ1n) is 9.12. The second-order valence-electron chi connectivity index (χ2n) is 7.09. The third-order valence-electron chi connectivity index (χ3n) is 4.16. The molecular weight excluding hydrogens is 342 g/mol. The number of carbonyl (C=O) groups is 1. The minimum Gasteiger partial charge on any atom is -0.379 e. The van der Waals surface area contributed by atoms with Gasteiger partial charge in [0, 0.05) is 24.2 Å². The fourth-order valence-electron chi connectivity index (χ4n) is 2.85. The predicted molar refractivity (Wildman–Crippen MR) is 104 cm³/mol. The molecule has 0 bridgehead atoms. The zero-order valence-corrected chi connectivity index (χ0v) is 16.1. The van der Waals surface area contributed by atoms with Crippen LogP contribution in [0.15, 0.2) is 36.5 Å². The third-order valence-corrected chi connectivity index (χ3v) is 4.16. The molecule has 0 unspecified atom stereocenters. The molecule has 1 aromatic carbocycles. The van der Waals surface area contributed by atoms with Gasteiger partial charge in [-0.2, -0.15) is 0 Å². The topological polar surface area (TPSA) is 81.9 Å². The van der Waals surface area contributed by atoms with Crippen molar-refractivity contribution in [3.63, 3.8) is 0 Å². The summed E-state index contributed by atoms with van der Waals surface area (Å²) in [7, 11) is 0. The van der Waals surface area contributed by atoms with Gasteiger partial charge >= 0.3 is 0 Å². The Morgan fingerprint density at radius 3 is 2.78 bits per heavy atom. The Bertz CT molecular complexity index is 930. The van der Waals surface area contributed by atoms with Gasteiger partial charge in [0.05, 0.1) is 23.5 Å². The predicted octanol–water partition coefficient (Wildman–Crippen LogP) is 2.91. The van der Waals surface area contributed by atoms with Gasteiger partial charge in [0.2, 0.25) is 0 Å².